The van der Waals surface area contributed by atoms with Gasteiger partial charge in [-0.05, 0) is 60.5 Å². The Balaban J connectivity index is 1.70. The highest BCUT2D eigenvalue weighted by Crippen LogP contribution is 2.29. The van der Waals surface area contributed by atoms with Gasteiger partial charge in [-0.25, -0.2) is 9.29 Å². The normalized spacial score (nSPS) is 15.8. The van der Waals surface area contributed by atoms with Crippen LogP contribution in [-0.4, -0.2) is 28.7 Å². The van der Waals surface area contributed by atoms with E-state index >= 15 is 0 Å². The Labute approximate surface area is 190 Å². The van der Waals surface area contributed by atoms with Gasteiger partial charge >= 0.3 is 0 Å². The fourth-order valence-electron chi connectivity index (χ4n) is 3.80. The van der Waals surface area contributed by atoms with Gasteiger partial charge in [0.1, 0.15) is 11.9 Å². The molecule has 5 nitrogen and oxygen atoms in total. The smallest absolute Gasteiger partial charge is 0.257 e. The maximum Gasteiger partial charge on any atom is 0.257 e. The number of anilines is 1. The van der Waals surface area contributed by atoms with Crippen LogP contribution in [0.25, 0.3) is 0 Å². The van der Waals surface area contributed by atoms with Gasteiger partial charge in [0, 0.05) is 17.1 Å². The van der Waals surface area contributed by atoms with E-state index in [-0.39, 0.29) is 18.9 Å². The molecule has 1 unspecified atom stereocenters. The number of aryl methyl sites for hydroxylation is 1. The molecule has 3 amide bonds. The largest absolute Gasteiger partial charge is 0.322 e. The standard InChI is InChI=1S/C25H20ClFN2O3/c1-16-4-2-3-5-21(16)24(31)28(15-17-6-10-19(27)11-7-17)22-14-23(30)29(25(22)32)20-12-8-18(26)9-13-20/h2-13,22H,14-15H2,1H3. The number of rotatable bonds is 5. The first-order valence-electron chi connectivity index (χ1n) is 10.1. The number of carbonyl (C=O) groups is 3. The summed E-state index contributed by atoms with van der Waals surface area (Å²) in [5, 5.41) is 0.483. The number of benzene rings is 3. The van der Waals surface area contributed by atoms with Gasteiger partial charge in [-0.1, -0.05) is 41.9 Å². The fraction of sp³-hybridized carbons (Fsp3) is 0.160. The van der Waals surface area contributed by atoms with Crippen LogP contribution in [0.15, 0.2) is 72.8 Å². The van der Waals surface area contributed by atoms with E-state index in [1.807, 2.05) is 19.1 Å². The molecule has 3 aromatic carbocycles. The average Bonchev–Trinajstić information content (AvgIpc) is 3.07. The number of imide groups is 1. The average molecular weight is 451 g/mol. The van der Waals surface area contributed by atoms with E-state index in [9.17, 15) is 18.8 Å². The molecular weight excluding hydrogens is 431 g/mol. The zero-order chi connectivity index (χ0) is 22.8. The van der Waals surface area contributed by atoms with Crippen molar-refractivity contribution in [2.45, 2.75) is 25.9 Å². The van der Waals surface area contributed by atoms with Gasteiger partial charge in [0.25, 0.3) is 11.8 Å². The van der Waals surface area contributed by atoms with Gasteiger partial charge in [-0.3, -0.25) is 14.4 Å². The second-order valence-electron chi connectivity index (χ2n) is 7.64. The number of halogens is 2. The lowest BCUT2D eigenvalue weighted by Gasteiger charge is -2.28. The summed E-state index contributed by atoms with van der Waals surface area (Å²) < 4.78 is 13.4. The zero-order valence-corrected chi connectivity index (χ0v) is 18.1. The molecule has 162 valence electrons. The molecule has 32 heavy (non-hydrogen) atoms. The van der Waals surface area contributed by atoms with Crippen molar-refractivity contribution in [2.75, 3.05) is 4.90 Å². The topological polar surface area (TPSA) is 57.7 Å². The lowest BCUT2D eigenvalue weighted by Crippen LogP contribution is -2.45. The first-order chi connectivity index (χ1) is 15.3. The predicted octanol–water partition coefficient (Wildman–Crippen LogP) is 4.76. The van der Waals surface area contributed by atoms with Gasteiger partial charge in [0.15, 0.2) is 0 Å². The second kappa shape index (κ2) is 8.93. The van der Waals surface area contributed by atoms with Crippen LogP contribution in [0, 0.1) is 12.7 Å². The van der Waals surface area contributed by atoms with Crippen LogP contribution in [0.2, 0.25) is 5.02 Å². The first-order valence-corrected chi connectivity index (χ1v) is 10.5. The molecule has 1 heterocycles. The first kappa shape index (κ1) is 21.7. The molecule has 1 aliphatic rings. The molecular formula is C25H20ClFN2O3. The van der Waals surface area contributed by atoms with Gasteiger partial charge in [0.05, 0.1) is 12.1 Å². The summed E-state index contributed by atoms with van der Waals surface area (Å²) in [7, 11) is 0. The third-order valence-corrected chi connectivity index (χ3v) is 5.74. The Bertz CT molecular complexity index is 1180. The highest BCUT2D eigenvalue weighted by atomic mass is 35.5. The Kier molecular flexibility index (Phi) is 6.06. The van der Waals surface area contributed by atoms with Crippen molar-refractivity contribution in [3.8, 4) is 0 Å². The predicted molar refractivity (Wildman–Crippen MR) is 120 cm³/mol. The number of hydrogen-bond acceptors (Lipinski definition) is 3. The molecule has 1 aliphatic heterocycles. The van der Waals surface area contributed by atoms with Crippen LogP contribution < -0.4 is 4.90 Å². The minimum Gasteiger partial charge on any atom is -0.322 e. The fourth-order valence-corrected chi connectivity index (χ4v) is 3.92. The lowest BCUT2D eigenvalue weighted by atomic mass is 10.0. The van der Waals surface area contributed by atoms with Crippen molar-refractivity contribution in [3.63, 3.8) is 0 Å². The molecule has 0 aromatic heterocycles. The Hall–Kier alpha value is -3.51. The molecule has 0 bridgehead atoms. The second-order valence-corrected chi connectivity index (χ2v) is 8.07. The van der Waals surface area contributed by atoms with Crippen molar-refractivity contribution in [1.29, 1.82) is 0 Å². The minimum atomic E-state index is -0.977. The maximum absolute atomic E-state index is 13.5. The van der Waals surface area contributed by atoms with E-state index in [4.69, 9.17) is 11.6 Å². The van der Waals surface area contributed by atoms with E-state index in [0.717, 1.165) is 10.5 Å². The highest BCUT2D eigenvalue weighted by Gasteiger charge is 2.44. The molecule has 1 saturated heterocycles. The Morgan fingerprint density at radius 3 is 2.34 bits per heavy atom. The summed E-state index contributed by atoms with van der Waals surface area (Å²) in [6, 6.07) is 18.2. The van der Waals surface area contributed by atoms with E-state index in [1.165, 1.54) is 17.0 Å². The van der Waals surface area contributed by atoms with Crippen LogP contribution >= 0.6 is 11.6 Å². The Morgan fingerprint density at radius 1 is 1.03 bits per heavy atom. The van der Waals surface area contributed by atoms with E-state index < -0.39 is 23.7 Å². The lowest BCUT2D eigenvalue weighted by molar-refractivity contribution is -0.122. The van der Waals surface area contributed by atoms with Crippen molar-refractivity contribution in [1.82, 2.24) is 4.90 Å². The molecule has 0 aliphatic carbocycles. The number of carbonyl (C=O) groups excluding carboxylic acids is 3. The highest BCUT2D eigenvalue weighted by molar-refractivity contribution is 6.31. The molecule has 1 atom stereocenters. The number of hydrogen-bond donors (Lipinski definition) is 0. The third kappa shape index (κ3) is 4.27. The van der Waals surface area contributed by atoms with Crippen LogP contribution in [0.1, 0.15) is 27.9 Å². The van der Waals surface area contributed by atoms with E-state index in [1.54, 1.807) is 48.5 Å². The van der Waals surface area contributed by atoms with E-state index in [0.29, 0.717) is 21.8 Å². The van der Waals surface area contributed by atoms with Crippen molar-refractivity contribution in [3.05, 3.63) is 100 Å². The van der Waals surface area contributed by atoms with Crippen LogP contribution in [0.5, 0.6) is 0 Å². The minimum absolute atomic E-state index is 0.0611. The van der Waals surface area contributed by atoms with Crippen LogP contribution in [-0.2, 0) is 16.1 Å². The maximum atomic E-state index is 13.5. The summed E-state index contributed by atoms with van der Waals surface area (Å²) in [4.78, 5) is 42.1. The molecule has 1 fully saturated rings. The van der Waals surface area contributed by atoms with Gasteiger partial charge in [-0.2, -0.15) is 0 Å². The summed E-state index contributed by atoms with van der Waals surface area (Å²) in [6.07, 6.45) is -0.139. The molecule has 0 N–H and O–H groups in total. The SMILES string of the molecule is Cc1ccccc1C(=O)N(Cc1ccc(F)cc1)C1CC(=O)N(c2ccc(Cl)cc2)C1=O. The number of nitrogens with zero attached hydrogens (tertiary/aromatic N) is 2. The van der Waals surface area contributed by atoms with E-state index in [2.05, 4.69) is 0 Å². The monoisotopic (exact) mass is 450 g/mol. The zero-order valence-electron chi connectivity index (χ0n) is 17.3. The quantitative estimate of drug-likeness (QED) is 0.526. The van der Waals surface area contributed by atoms with Crippen molar-refractivity contribution in [2.24, 2.45) is 0 Å². The van der Waals surface area contributed by atoms with Crippen molar-refractivity contribution < 1.29 is 18.8 Å². The summed E-state index contributed by atoms with van der Waals surface area (Å²) in [5.41, 5.74) is 2.25. The molecule has 0 spiro atoms. The van der Waals surface area contributed by atoms with Crippen LogP contribution in [0.3, 0.4) is 0 Å². The number of amides is 3. The Morgan fingerprint density at radius 2 is 1.69 bits per heavy atom. The molecule has 4 rings (SSSR count). The molecule has 0 radical (unpaired) electrons. The summed E-state index contributed by atoms with van der Waals surface area (Å²) in [5.74, 6) is -1.64. The van der Waals surface area contributed by atoms with Gasteiger partial charge in [0.2, 0.25) is 5.91 Å². The van der Waals surface area contributed by atoms with Gasteiger partial charge in [-0.15, -0.1) is 0 Å². The summed E-state index contributed by atoms with van der Waals surface area (Å²) in [6.45, 7) is 1.87. The molecule has 3 aromatic rings. The third-order valence-electron chi connectivity index (χ3n) is 5.49. The molecule has 7 heteroatoms. The summed E-state index contributed by atoms with van der Waals surface area (Å²) >= 11 is 5.93. The van der Waals surface area contributed by atoms with Gasteiger partial charge < -0.3 is 4.90 Å². The molecule has 0 saturated carbocycles. The van der Waals surface area contributed by atoms with Crippen molar-refractivity contribution >= 4 is 35.0 Å². The van der Waals surface area contributed by atoms with Crippen LogP contribution in [0.4, 0.5) is 10.1 Å².